The molecule has 0 radical (unpaired) electrons. The lowest BCUT2D eigenvalue weighted by atomic mass is 9.88. The van der Waals surface area contributed by atoms with Crippen LogP contribution >= 0.6 is 0 Å². The largest absolute Gasteiger partial charge is 0.325 e. The Labute approximate surface area is 125 Å². The standard InChI is InChI=1S/C17H22N2O2/c20-15-17(11-6-1-2-7-12-17)19(16(21)18-15)13-10-14-8-4-3-5-9-14/h3-5,8-9H,1-2,6-7,10-13H2,(H,18,20,21). The number of imide groups is 1. The molecule has 4 nitrogen and oxygen atoms in total. The summed E-state index contributed by atoms with van der Waals surface area (Å²) in [7, 11) is 0. The molecule has 1 aliphatic carbocycles. The second kappa shape index (κ2) is 5.88. The smallest absolute Gasteiger partial charge is 0.309 e. The predicted molar refractivity (Wildman–Crippen MR) is 80.8 cm³/mol. The number of hydrogen-bond acceptors (Lipinski definition) is 2. The van der Waals surface area contributed by atoms with E-state index in [1.54, 1.807) is 4.90 Å². The summed E-state index contributed by atoms with van der Waals surface area (Å²) in [5, 5.41) is 2.54. The van der Waals surface area contributed by atoms with E-state index in [0.717, 1.165) is 44.9 Å². The first-order chi connectivity index (χ1) is 10.2. The fourth-order valence-corrected chi connectivity index (χ4v) is 3.61. The van der Waals surface area contributed by atoms with Crippen LogP contribution in [0.2, 0.25) is 0 Å². The Morgan fingerprint density at radius 1 is 1.00 bits per heavy atom. The first kappa shape index (κ1) is 14.1. The lowest BCUT2D eigenvalue weighted by molar-refractivity contribution is -0.127. The highest BCUT2D eigenvalue weighted by molar-refractivity contribution is 6.07. The molecule has 0 aromatic heterocycles. The molecule has 3 rings (SSSR count). The molecule has 1 aromatic carbocycles. The van der Waals surface area contributed by atoms with E-state index in [2.05, 4.69) is 17.4 Å². The third-order valence-corrected chi connectivity index (χ3v) is 4.80. The molecule has 21 heavy (non-hydrogen) atoms. The van der Waals surface area contributed by atoms with Gasteiger partial charge in [0.25, 0.3) is 5.91 Å². The minimum Gasteiger partial charge on any atom is -0.309 e. The number of carbonyl (C=O) groups is 2. The van der Waals surface area contributed by atoms with Gasteiger partial charge in [0, 0.05) is 6.54 Å². The number of benzene rings is 1. The number of nitrogens with zero attached hydrogens (tertiary/aromatic N) is 1. The van der Waals surface area contributed by atoms with E-state index in [9.17, 15) is 9.59 Å². The summed E-state index contributed by atoms with van der Waals surface area (Å²) in [5.41, 5.74) is 0.621. The van der Waals surface area contributed by atoms with Gasteiger partial charge in [-0.05, 0) is 24.8 Å². The summed E-state index contributed by atoms with van der Waals surface area (Å²) in [4.78, 5) is 26.3. The zero-order valence-corrected chi connectivity index (χ0v) is 12.3. The number of urea groups is 1. The molecule has 2 fully saturated rings. The zero-order valence-electron chi connectivity index (χ0n) is 12.3. The molecule has 0 unspecified atom stereocenters. The van der Waals surface area contributed by atoms with Crippen molar-refractivity contribution in [3.05, 3.63) is 35.9 Å². The minimum atomic E-state index is -0.581. The molecule has 1 saturated carbocycles. The van der Waals surface area contributed by atoms with Crippen LogP contribution in [0.3, 0.4) is 0 Å². The number of amides is 3. The maximum Gasteiger partial charge on any atom is 0.325 e. The molecule has 2 aliphatic rings. The van der Waals surface area contributed by atoms with E-state index in [4.69, 9.17) is 0 Å². The van der Waals surface area contributed by atoms with Crippen molar-refractivity contribution in [1.82, 2.24) is 10.2 Å². The normalized spacial score (nSPS) is 21.4. The van der Waals surface area contributed by atoms with Gasteiger partial charge in [-0.1, -0.05) is 56.0 Å². The molecule has 112 valence electrons. The Bertz CT molecular complexity index is 519. The molecule has 1 aliphatic heterocycles. The highest BCUT2D eigenvalue weighted by atomic mass is 16.2. The van der Waals surface area contributed by atoms with E-state index in [0.29, 0.717) is 6.54 Å². The van der Waals surface area contributed by atoms with Crippen LogP contribution in [0.1, 0.15) is 44.1 Å². The van der Waals surface area contributed by atoms with Crippen LogP contribution in [0.15, 0.2) is 30.3 Å². The van der Waals surface area contributed by atoms with E-state index in [1.165, 1.54) is 5.56 Å². The summed E-state index contributed by atoms with van der Waals surface area (Å²) in [5.74, 6) is -0.0811. The monoisotopic (exact) mass is 286 g/mol. The Morgan fingerprint density at radius 2 is 1.67 bits per heavy atom. The second-order valence-corrected chi connectivity index (χ2v) is 6.09. The molecule has 0 atom stereocenters. The number of carbonyl (C=O) groups excluding carboxylic acids is 2. The highest BCUT2D eigenvalue weighted by Gasteiger charge is 2.51. The number of rotatable bonds is 3. The maximum absolute atomic E-state index is 12.4. The van der Waals surface area contributed by atoms with Gasteiger partial charge in [0.15, 0.2) is 0 Å². The van der Waals surface area contributed by atoms with Gasteiger partial charge in [0.2, 0.25) is 0 Å². The third kappa shape index (κ3) is 2.67. The van der Waals surface area contributed by atoms with Gasteiger partial charge in [0.1, 0.15) is 5.54 Å². The summed E-state index contributed by atoms with van der Waals surface area (Å²) in [6.07, 6.45) is 6.79. The Morgan fingerprint density at radius 3 is 2.33 bits per heavy atom. The molecular formula is C17H22N2O2. The molecule has 3 amide bonds. The molecule has 1 spiro atoms. The van der Waals surface area contributed by atoms with E-state index in [1.807, 2.05) is 18.2 Å². The van der Waals surface area contributed by atoms with Gasteiger partial charge in [-0.3, -0.25) is 10.1 Å². The van der Waals surface area contributed by atoms with Gasteiger partial charge in [-0.15, -0.1) is 0 Å². The fourth-order valence-electron chi connectivity index (χ4n) is 3.61. The zero-order chi connectivity index (χ0) is 14.7. The SMILES string of the molecule is O=C1NC(=O)C2(CCCCCC2)N1CCc1ccccc1. The van der Waals surface area contributed by atoms with E-state index >= 15 is 0 Å². The van der Waals surface area contributed by atoms with Crippen molar-refractivity contribution >= 4 is 11.9 Å². The topological polar surface area (TPSA) is 49.4 Å². The van der Waals surface area contributed by atoms with Crippen molar-refractivity contribution in [2.45, 2.75) is 50.5 Å². The van der Waals surface area contributed by atoms with Crippen molar-refractivity contribution in [3.63, 3.8) is 0 Å². The van der Waals surface area contributed by atoms with Crippen LogP contribution in [0.25, 0.3) is 0 Å². The van der Waals surface area contributed by atoms with Crippen molar-refractivity contribution in [2.75, 3.05) is 6.54 Å². The van der Waals surface area contributed by atoms with Crippen LogP contribution < -0.4 is 5.32 Å². The van der Waals surface area contributed by atoms with Gasteiger partial charge < -0.3 is 4.90 Å². The van der Waals surface area contributed by atoms with E-state index in [-0.39, 0.29) is 11.9 Å². The molecule has 0 bridgehead atoms. The molecule has 1 saturated heterocycles. The molecule has 4 heteroatoms. The third-order valence-electron chi connectivity index (χ3n) is 4.80. The van der Waals surface area contributed by atoms with Crippen LogP contribution in [-0.4, -0.2) is 28.9 Å². The van der Waals surface area contributed by atoms with Gasteiger partial charge >= 0.3 is 6.03 Å². The maximum atomic E-state index is 12.4. The lowest BCUT2D eigenvalue weighted by Gasteiger charge is -2.34. The average molecular weight is 286 g/mol. The number of hydrogen-bond donors (Lipinski definition) is 1. The molecule has 1 aromatic rings. The first-order valence-electron chi connectivity index (χ1n) is 7.89. The molecule has 1 N–H and O–H groups in total. The van der Waals surface area contributed by atoms with Gasteiger partial charge in [0.05, 0.1) is 0 Å². The summed E-state index contributed by atoms with van der Waals surface area (Å²) < 4.78 is 0. The average Bonchev–Trinajstić information content (AvgIpc) is 2.67. The Kier molecular flexibility index (Phi) is 3.95. The highest BCUT2D eigenvalue weighted by Crippen LogP contribution is 2.36. The van der Waals surface area contributed by atoms with Crippen LogP contribution in [-0.2, 0) is 11.2 Å². The van der Waals surface area contributed by atoms with Crippen molar-refractivity contribution in [2.24, 2.45) is 0 Å². The summed E-state index contributed by atoms with van der Waals surface area (Å²) >= 11 is 0. The lowest BCUT2D eigenvalue weighted by Crippen LogP contribution is -2.50. The second-order valence-electron chi connectivity index (χ2n) is 6.09. The van der Waals surface area contributed by atoms with Gasteiger partial charge in [-0.25, -0.2) is 4.79 Å². The van der Waals surface area contributed by atoms with Gasteiger partial charge in [-0.2, -0.15) is 0 Å². The van der Waals surface area contributed by atoms with Crippen molar-refractivity contribution in [3.8, 4) is 0 Å². The first-order valence-corrected chi connectivity index (χ1v) is 7.89. The molecule has 1 heterocycles. The Balaban J connectivity index is 1.77. The van der Waals surface area contributed by atoms with E-state index < -0.39 is 5.54 Å². The predicted octanol–water partition coefficient (Wildman–Crippen LogP) is 2.87. The number of nitrogens with one attached hydrogen (secondary N) is 1. The fraction of sp³-hybridized carbons (Fsp3) is 0.529. The Hall–Kier alpha value is -1.84. The molecular weight excluding hydrogens is 264 g/mol. The minimum absolute atomic E-state index is 0.0811. The van der Waals surface area contributed by atoms with Crippen LogP contribution in [0.5, 0.6) is 0 Å². The van der Waals surface area contributed by atoms with Crippen molar-refractivity contribution in [1.29, 1.82) is 0 Å². The summed E-state index contributed by atoms with van der Waals surface area (Å²) in [6.45, 7) is 0.613. The van der Waals surface area contributed by atoms with Crippen LogP contribution in [0.4, 0.5) is 4.79 Å². The summed E-state index contributed by atoms with van der Waals surface area (Å²) in [6, 6.07) is 9.92. The van der Waals surface area contributed by atoms with Crippen LogP contribution in [0, 0.1) is 0 Å². The van der Waals surface area contributed by atoms with Crippen molar-refractivity contribution < 1.29 is 9.59 Å². The quantitative estimate of drug-likeness (QED) is 0.869.